The van der Waals surface area contributed by atoms with Gasteiger partial charge in [0.25, 0.3) is 0 Å². The van der Waals surface area contributed by atoms with Gasteiger partial charge in [-0.2, -0.15) is 0 Å². The van der Waals surface area contributed by atoms with Crippen molar-refractivity contribution in [3.63, 3.8) is 0 Å². The highest BCUT2D eigenvalue weighted by Gasteiger charge is 2.45. The molecule has 3 unspecified atom stereocenters. The van der Waals surface area contributed by atoms with Crippen molar-refractivity contribution in [2.24, 2.45) is 5.92 Å². The first-order valence-corrected chi connectivity index (χ1v) is 8.39. The monoisotopic (exact) mass is 300 g/mol. The van der Waals surface area contributed by atoms with Gasteiger partial charge in [0, 0.05) is 31.1 Å². The van der Waals surface area contributed by atoms with E-state index in [-0.39, 0.29) is 11.9 Å². The Morgan fingerprint density at radius 3 is 2.73 bits per heavy atom. The number of carbonyl (C=O) groups is 1. The van der Waals surface area contributed by atoms with Crippen molar-refractivity contribution in [1.82, 2.24) is 21.1 Å². The lowest BCUT2D eigenvalue weighted by Gasteiger charge is -2.31. The third-order valence-electron chi connectivity index (χ3n) is 5.11. The van der Waals surface area contributed by atoms with Crippen LogP contribution >= 0.6 is 0 Å². The lowest BCUT2D eigenvalue weighted by Crippen LogP contribution is -2.51. The van der Waals surface area contributed by atoms with Crippen molar-refractivity contribution < 1.29 is 4.79 Å². The molecule has 0 aromatic heterocycles. The summed E-state index contributed by atoms with van der Waals surface area (Å²) >= 11 is 0. The van der Waals surface area contributed by atoms with E-state index in [1.54, 1.807) is 0 Å². The number of hydrazine groups is 1. The van der Waals surface area contributed by atoms with Gasteiger partial charge in [-0.05, 0) is 31.4 Å². The minimum atomic E-state index is -0.0953. The van der Waals surface area contributed by atoms with Gasteiger partial charge in [-0.3, -0.25) is 10.2 Å². The van der Waals surface area contributed by atoms with E-state index in [1.807, 2.05) is 18.2 Å². The maximum absolute atomic E-state index is 13.1. The lowest BCUT2D eigenvalue weighted by atomic mass is 9.88. The maximum Gasteiger partial charge on any atom is 0.242 e. The molecule has 0 radical (unpaired) electrons. The Morgan fingerprint density at radius 1 is 1.14 bits per heavy atom. The molecular formula is C17H24N4O. The summed E-state index contributed by atoms with van der Waals surface area (Å²) in [5.74, 6) is 0.619. The molecule has 3 atom stereocenters. The first-order chi connectivity index (χ1) is 10.8. The van der Waals surface area contributed by atoms with Crippen molar-refractivity contribution in [1.29, 1.82) is 0 Å². The zero-order valence-corrected chi connectivity index (χ0v) is 12.8. The summed E-state index contributed by atoms with van der Waals surface area (Å²) in [6, 6.07) is 11.1. The zero-order chi connectivity index (χ0) is 14.9. The minimum Gasteiger partial charge on any atom is -0.334 e. The number of nitrogens with one attached hydrogen (secondary N) is 3. The van der Waals surface area contributed by atoms with Crippen LogP contribution in [0.2, 0.25) is 0 Å². The van der Waals surface area contributed by atoms with Crippen molar-refractivity contribution in [2.75, 3.05) is 13.1 Å². The molecule has 3 N–H and O–H groups in total. The molecule has 2 saturated heterocycles. The average Bonchev–Trinajstić information content (AvgIpc) is 3.31. The Morgan fingerprint density at radius 2 is 1.95 bits per heavy atom. The van der Waals surface area contributed by atoms with E-state index in [4.69, 9.17) is 0 Å². The fourth-order valence-corrected chi connectivity index (χ4v) is 3.69. The third-order valence-corrected chi connectivity index (χ3v) is 5.11. The van der Waals surface area contributed by atoms with Crippen molar-refractivity contribution in [2.45, 2.75) is 43.9 Å². The molecule has 2 heterocycles. The van der Waals surface area contributed by atoms with E-state index in [0.29, 0.717) is 18.0 Å². The van der Waals surface area contributed by atoms with E-state index >= 15 is 0 Å². The van der Waals surface area contributed by atoms with Gasteiger partial charge in [0.15, 0.2) is 0 Å². The first-order valence-electron chi connectivity index (χ1n) is 8.39. The van der Waals surface area contributed by atoms with Gasteiger partial charge in [0.1, 0.15) is 6.04 Å². The van der Waals surface area contributed by atoms with E-state index in [0.717, 1.165) is 38.9 Å². The van der Waals surface area contributed by atoms with Crippen LogP contribution in [0.25, 0.3) is 0 Å². The number of benzene rings is 1. The molecule has 0 spiro atoms. The van der Waals surface area contributed by atoms with Crippen LogP contribution in [-0.4, -0.2) is 42.0 Å². The topological polar surface area (TPSA) is 56.4 Å². The van der Waals surface area contributed by atoms with Crippen LogP contribution in [0.4, 0.5) is 0 Å². The van der Waals surface area contributed by atoms with Crippen molar-refractivity contribution in [3.05, 3.63) is 35.9 Å². The van der Waals surface area contributed by atoms with Crippen molar-refractivity contribution in [3.8, 4) is 0 Å². The molecule has 2 aliphatic heterocycles. The van der Waals surface area contributed by atoms with Gasteiger partial charge < -0.3 is 10.2 Å². The fourth-order valence-electron chi connectivity index (χ4n) is 3.69. The summed E-state index contributed by atoms with van der Waals surface area (Å²) in [5, 5.41) is 3.42. The largest absolute Gasteiger partial charge is 0.334 e. The molecule has 118 valence electrons. The maximum atomic E-state index is 13.1. The second kappa shape index (κ2) is 5.99. The Bertz CT molecular complexity index is 531. The molecule has 5 heteroatoms. The quantitative estimate of drug-likeness (QED) is 0.763. The summed E-state index contributed by atoms with van der Waals surface area (Å²) in [7, 11) is 0. The fraction of sp³-hybridized carbons (Fsp3) is 0.588. The molecule has 1 aliphatic carbocycles. The smallest absolute Gasteiger partial charge is 0.242 e. The van der Waals surface area contributed by atoms with Crippen LogP contribution < -0.4 is 16.2 Å². The summed E-state index contributed by atoms with van der Waals surface area (Å²) in [5.41, 5.74) is 7.81. The molecule has 4 rings (SSSR count). The second-order valence-corrected chi connectivity index (χ2v) is 6.71. The minimum absolute atomic E-state index is 0.0953. The van der Waals surface area contributed by atoms with E-state index in [9.17, 15) is 4.79 Å². The molecule has 5 nitrogen and oxygen atoms in total. The third kappa shape index (κ3) is 2.76. The van der Waals surface area contributed by atoms with Crippen LogP contribution in [0, 0.1) is 5.92 Å². The number of fused-ring (bicyclic) bond motifs is 1. The number of hydrogen-bond donors (Lipinski definition) is 3. The number of amides is 1. The highest BCUT2D eigenvalue weighted by molar-refractivity contribution is 5.83. The van der Waals surface area contributed by atoms with Gasteiger partial charge in [-0.1, -0.05) is 30.3 Å². The van der Waals surface area contributed by atoms with Crippen LogP contribution in [-0.2, 0) is 11.3 Å². The van der Waals surface area contributed by atoms with Crippen LogP contribution in [0.3, 0.4) is 0 Å². The molecule has 3 aliphatic rings. The van der Waals surface area contributed by atoms with Crippen molar-refractivity contribution >= 4 is 5.91 Å². The predicted octanol–water partition coefficient (Wildman–Crippen LogP) is 0.632. The van der Waals surface area contributed by atoms with Crippen LogP contribution in [0.15, 0.2) is 30.3 Å². The van der Waals surface area contributed by atoms with E-state index in [1.165, 1.54) is 5.56 Å². The Labute approximate surface area is 131 Å². The Hall–Kier alpha value is -1.43. The summed E-state index contributed by atoms with van der Waals surface area (Å²) in [6.07, 6.45) is 3.37. The summed E-state index contributed by atoms with van der Waals surface area (Å²) in [6.45, 7) is 2.69. The highest BCUT2D eigenvalue weighted by Crippen LogP contribution is 2.31. The number of rotatable bonds is 4. The normalized spacial score (nSPS) is 30.8. The number of carbonyl (C=O) groups excluding carboxylic acids is 1. The number of piperidine rings is 1. The second-order valence-electron chi connectivity index (χ2n) is 6.71. The van der Waals surface area contributed by atoms with Crippen LogP contribution in [0.5, 0.6) is 0 Å². The highest BCUT2D eigenvalue weighted by atomic mass is 16.2. The first kappa shape index (κ1) is 14.2. The number of nitrogens with zero attached hydrogens (tertiary/aromatic N) is 1. The Balaban J connectivity index is 1.49. The summed E-state index contributed by atoms with van der Waals surface area (Å²) in [4.78, 5) is 15.2. The van der Waals surface area contributed by atoms with Gasteiger partial charge in [0.05, 0.1) is 0 Å². The molecule has 1 aromatic carbocycles. The molecule has 1 saturated carbocycles. The lowest BCUT2D eigenvalue weighted by molar-refractivity contribution is -0.135. The van der Waals surface area contributed by atoms with Crippen LogP contribution in [0.1, 0.15) is 24.8 Å². The zero-order valence-electron chi connectivity index (χ0n) is 12.8. The Kier molecular flexibility index (Phi) is 3.86. The van der Waals surface area contributed by atoms with E-state index < -0.39 is 0 Å². The predicted molar refractivity (Wildman–Crippen MR) is 84.8 cm³/mol. The standard InChI is InChI=1S/C17H24N4O/c22-17(16-14-10-18-9-8-15(14)19-20-16)21(13-6-7-13)11-12-4-2-1-3-5-12/h1-5,13-16,18-20H,6-11H2. The van der Waals surface area contributed by atoms with Gasteiger partial charge >= 0.3 is 0 Å². The molecule has 0 bridgehead atoms. The SMILES string of the molecule is O=C(C1NNC2CCNCC21)N(Cc1ccccc1)C1CC1. The van der Waals surface area contributed by atoms with E-state index in [2.05, 4.69) is 33.2 Å². The average molecular weight is 300 g/mol. The summed E-state index contributed by atoms with van der Waals surface area (Å²) < 4.78 is 0. The molecule has 3 fully saturated rings. The molecule has 1 amide bonds. The number of hydrogen-bond acceptors (Lipinski definition) is 4. The molecule has 22 heavy (non-hydrogen) atoms. The molecular weight excluding hydrogens is 276 g/mol. The van der Waals surface area contributed by atoms with Gasteiger partial charge in [0.2, 0.25) is 5.91 Å². The molecule has 1 aromatic rings. The van der Waals surface area contributed by atoms with Gasteiger partial charge in [-0.15, -0.1) is 0 Å². The van der Waals surface area contributed by atoms with Gasteiger partial charge in [-0.25, -0.2) is 5.43 Å².